The molecule has 1 aromatic rings. The SMILES string of the molecule is CC(C)(C)[C@@H](NC(=O)c1cc(F)cc([N+](=O)[O-])c1)C(=O)O. The van der Waals surface area contributed by atoms with Crippen molar-refractivity contribution >= 4 is 17.6 Å². The molecule has 0 unspecified atom stereocenters. The minimum Gasteiger partial charge on any atom is -0.480 e. The third-order valence-corrected chi connectivity index (χ3v) is 2.74. The van der Waals surface area contributed by atoms with Crippen LogP contribution in [0.4, 0.5) is 10.1 Å². The Hall–Kier alpha value is -2.51. The zero-order valence-corrected chi connectivity index (χ0v) is 11.7. The predicted octanol–water partition coefficient (Wildman–Crippen LogP) is 1.96. The fourth-order valence-electron chi connectivity index (χ4n) is 1.67. The molecule has 0 heterocycles. The third kappa shape index (κ3) is 4.23. The number of amides is 1. The van der Waals surface area contributed by atoms with Gasteiger partial charge in [-0.25, -0.2) is 9.18 Å². The Morgan fingerprint density at radius 3 is 2.33 bits per heavy atom. The van der Waals surface area contributed by atoms with Crippen molar-refractivity contribution in [1.29, 1.82) is 0 Å². The van der Waals surface area contributed by atoms with E-state index in [1.807, 2.05) is 0 Å². The zero-order chi connectivity index (χ0) is 16.4. The first-order valence-electron chi connectivity index (χ1n) is 6.01. The van der Waals surface area contributed by atoms with Gasteiger partial charge in [0.1, 0.15) is 11.9 Å². The summed E-state index contributed by atoms with van der Waals surface area (Å²) in [5, 5.41) is 22.0. The summed E-state index contributed by atoms with van der Waals surface area (Å²) in [5.41, 5.74) is -1.67. The number of nitrogens with one attached hydrogen (secondary N) is 1. The van der Waals surface area contributed by atoms with Crippen molar-refractivity contribution < 1.29 is 24.0 Å². The molecule has 0 aromatic heterocycles. The summed E-state index contributed by atoms with van der Waals surface area (Å²) in [7, 11) is 0. The number of carboxylic acid groups (broad SMARTS) is 1. The van der Waals surface area contributed by atoms with Crippen LogP contribution in [-0.2, 0) is 4.79 Å². The Labute approximate surface area is 119 Å². The average Bonchev–Trinajstić information content (AvgIpc) is 2.32. The highest BCUT2D eigenvalue weighted by molar-refractivity contribution is 5.97. The Bertz CT molecular complexity index is 595. The van der Waals surface area contributed by atoms with Gasteiger partial charge in [0.15, 0.2) is 0 Å². The highest BCUT2D eigenvalue weighted by atomic mass is 19.1. The highest BCUT2D eigenvalue weighted by Crippen LogP contribution is 2.21. The van der Waals surface area contributed by atoms with Crippen LogP contribution in [0.2, 0.25) is 0 Å². The number of hydrogen-bond donors (Lipinski definition) is 2. The van der Waals surface area contributed by atoms with Crippen LogP contribution in [0.15, 0.2) is 18.2 Å². The number of rotatable bonds is 4. The Morgan fingerprint density at radius 1 is 1.33 bits per heavy atom. The van der Waals surface area contributed by atoms with Crippen molar-refractivity contribution in [3.63, 3.8) is 0 Å². The molecule has 0 bridgehead atoms. The van der Waals surface area contributed by atoms with E-state index in [4.69, 9.17) is 5.11 Å². The van der Waals surface area contributed by atoms with Gasteiger partial charge in [0.2, 0.25) is 0 Å². The number of non-ortho nitro benzene ring substituents is 1. The van der Waals surface area contributed by atoms with E-state index in [0.717, 1.165) is 12.1 Å². The van der Waals surface area contributed by atoms with E-state index in [-0.39, 0.29) is 5.56 Å². The molecule has 21 heavy (non-hydrogen) atoms. The predicted molar refractivity (Wildman–Crippen MR) is 71.4 cm³/mol. The molecule has 0 spiro atoms. The maximum Gasteiger partial charge on any atom is 0.326 e. The van der Waals surface area contributed by atoms with Crippen molar-refractivity contribution in [2.24, 2.45) is 5.41 Å². The number of aliphatic carboxylic acids is 1. The molecular weight excluding hydrogens is 283 g/mol. The Balaban J connectivity index is 3.09. The second-order valence-corrected chi connectivity index (χ2v) is 5.57. The molecule has 1 rings (SSSR count). The maximum absolute atomic E-state index is 13.3. The van der Waals surface area contributed by atoms with Crippen LogP contribution in [-0.4, -0.2) is 27.9 Å². The van der Waals surface area contributed by atoms with E-state index in [2.05, 4.69) is 5.32 Å². The fraction of sp³-hybridized carbons (Fsp3) is 0.385. The summed E-state index contributed by atoms with van der Waals surface area (Å²) in [6.07, 6.45) is 0. The molecule has 0 aliphatic rings. The lowest BCUT2D eigenvalue weighted by Gasteiger charge is -2.27. The lowest BCUT2D eigenvalue weighted by Crippen LogP contribution is -2.49. The number of hydrogen-bond acceptors (Lipinski definition) is 4. The number of carboxylic acids is 1. The standard InChI is InChI=1S/C13H15FN2O5/c1-13(2,3)10(12(18)19)15-11(17)7-4-8(14)6-9(5-7)16(20)21/h4-6,10H,1-3H3,(H,15,17)(H,18,19)/t10-/m0/s1. The van der Waals surface area contributed by atoms with Crippen LogP contribution in [0.3, 0.4) is 0 Å². The normalized spacial score (nSPS) is 12.6. The minimum absolute atomic E-state index is 0.308. The first-order valence-corrected chi connectivity index (χ1v) is 6.01. The largest absolute Gasteiger partial charge is 0.480 e. The van der Waals surface area contributed by atoms with Gasteiger partial charge in [-0.1, -0.05) is 20.8 Å². The van der Waals surface area contributed by atoms with E-state index in [0.29, 0.717) is 6.07 Å². The molecule has 2 N–H and O–H groups in total. The van der Waals surface area contributed by atoms with Crippen molar-refractivity contribution in [2.75, 3.05) is 0 Å². The van der Waals surface area contributed by atoms with Crippen molar-refractivity contribution in [2.45, 2.75) is 26.8 Å². The van der Waals surface area contributed by atoms with Gasteiger partial charge in [-0.2, -0.15) is 0 Å². The quantitative estimate of drug-likeness (QED) is 0.652. The molecular formula is C13H15FN2O5. The van der Waals surface area contributed by atoms with Crippen molar-refractivity contribution in [3.8, 4) is 0 Å². The number of carbonyl (C=O) groups is 2. The summed E-state index contributed by atoms with van der Waals surface area (Å²) in [6, 6.07) is 1.16. The zero-order valence-electron chi connectivity index (χ0n) is 11.7. The summed E-state index contributed by atoms with van der Waals surface area (Å²) in [4.78, 5) is 32.9. The number of nitro benzene ring substituents is 1. The molecule has 0 fully saturated rings. The molecule has 0 aliphatic carbocycles. The van der Waals surface area contributed by atoms with Gasteiger partial charge in [-0.15, -0.1) is 0 Å². The second kappa shape index (κ2) is 5.86. The fourth-order valence-corrected chi connectivity index (χ4v) is 1.67. The van der Waals surface area contributed by atoms with Crippen LogP contribution in [0.25, 0.3) is 0 Å². The molecule has 0 saturated heterocycles. The summed E-state index contributed by atoms with van der Waals surface area (Å²) >= 11 is 0. The molecule has 0 saturated carbocycles. The summed E-state index contributed by atoms with van der Waals surface area (Å²) in [5.74, 6) is -3.08. The monoisotopic (exact) mass is 298 g/mol. The third-order valence-electron chi connectivity index (χ3n) is 2.74. The number of nitro groups is 1. The number of carbonyl (C=O) groups excluding carboxylic acids is 1. The second-order valence-electron chi connectivity index (χ2n) is 5.57. The molecule has 1 amide bonds. The molecule has 0 aliphatic heterocycles. The maximum atomic E-state index is 13.3. The number of benzene rings is 1. The van der Waals surface area contributed by atoms with Gasteiger partial charge in [-0.05, 0) is 11.5 Å². The summed E-state index contributed by atoms with van der Waals surface area (Å²) in [6.45, 7) is 4.83. The molecule has 1 aromatic carbocycles. The first-order chi connectivity index (χ1) is 9.52. The van der Waals surface area contributed by atoms with Crippen LogP contribution >= 0.6 is 0 Å². The smallest absolute Gasteiger partial charge is 0.326 e. The van der Waals surface area contributed by atoms with Crippen LogP contribution in [0.5, 0.6) is 0 Å². The van der Waals surface area contributed by atoms with Gasteiger partial charge in [0, 0.05) is 11.6 Å². The van der Waals surface area contributed by atoms with E-state index >= 15 is 0 Å². The van der Waals surface area contributed by atoms with Crippen LogP contribution < -0.4 is 5.32 Å². The van der Waals surface area contributed by atoms with Gasteiger partial charge in [-0.3, -0.25) is 14.9 Å². The average molecular weight is 298 g/mol. The van der Waals surface area contributed by atoms with E-state index in [1.165, 1.54) is 0 Å². The molecule has 1 atom stereocenters. The lowest BCUT2D eigenvalue weighted by molar-refractivity contribution is -0.385. The minimum atomic E-state index is -1.25. The molecule has 7 nitrogen and oxygen atoms in total. The van der Waals surface area contributed by atoms with Crippen LogP contribution in [0.1, 0.15) is 31.1 Å². The number of halogens is 1. The van der Waals surface area contributed by atoms with Gasteiger partial charge < -0.3 is 10.4 Å². The molecule has 0 radical (unpaired) electrons. The first kappa shape index (κ1) is 16.5. The Morgan fingerprint density at radius 2 is 1.90 bits per heavy atom. The lowest BCUT2D eigenvalue weighted by atomic mass is 9.86. The van der Waals surface area contributed by atoms with E-state index in [1.54, 1.807) is 20.8 Å². The van der Waals surface area contributed by atoms with Crippen molar-refractivity contribution in [1.82, 2.24) is 5.32 Å². The van der Waals surface area contributed by atoms with Gasteiger partial charge in [0.05, 0.1) is 11.0 Å². The Kier molecular flexibility index (Phi) is 4.62. The highest BCUT2D eigenvalue weighted by Gasteiger charge is 2.33. The van der Waals surface area contributed by atoms with Gasteiger partial charge >= 0.3 is 5.97 Å². The molecule has 8 heteroatoms. The topological polar surface area (TPSA) is 110 Å². The number of nitrogens with zero attached hydrogens (tertiary/aromatic N) is 1. The van der Waals surface area contributed by atoms with E-state index in [9.17, 15) is 24.1 Å². The van der Waals surface area contributed by atoms with E-state index < -0.39 is 39.8 Å². The molecule has 114 valence electrons. The van der Waals surface area contributed by atoms with Crippen LogP contribution in [0, 0.1) is 21.3 Å². The van der Waals surface area contributed by atoms with Crippen molar-refractivity contribution in [3.05, 3.63) is 39.7 Å². The summed E-state index contributed by atoms with van der Waals surface area (Å²) < 4.78 is 13.3. The van der Waals surface area contributed by atoms with Gasteiger partial charge in [0.25, 0.3) is 11.6 Å².